The van der Waals surface area contributed by atoms with Crippen molar-refractivity contribution in [3.05, 3.63) is 22.4 Å². The zero-order valence-corrected chi connectivity index (χ0v) is 11.1. The maximum absolute atomic E-state index is 12.0. The van der Waals surface area contributed by atoms with Crippen LogP contribution in [0.15, 0.2) is 16.8 Å². The molecule has 0 aliphatic heterocycles. The fraction of sp³-hybridized carbons (Fsp3) is 0.500. The Morgan fingerprint density at radius 2 is 2.18 bits per heavy atom. The highest BCUT2D eigenvalue weighted by molar-refractivity contribution is 7.07. The molecule has 0 saturated carbocycles. The number of ether oxygens (including phenoxy) is 1. The van der Waals surface area contributed by atoms with E-state index in [0.29, 0.717) is 6.42 Å². The number of carbonyl (C=O) groups excluding carboxylic acids is 2. The SMILES string of the molecule is COC(=O)CN(C(=O)Cc1ccsc1)C(C)C. The van der Waals surface area contributed by atoms with Crippen molar-refractivity contribution in [2.75, 3.05) is 13.7 Å². The van der Waals surface area contributed by atoms with E-state index in [4.69, 9.17) is 0 Å². The van der Waals surface area contributed by atoms with E-state index in [-0.39, 0.29) is 18.5 Å². The van der Waals surface area contributed by atoms with E-state index in [0.717, 1.165) is 5.56 Å². The van der Waals surface area contributed by atoms with Gasteiger partial charge in [0, 0.05) is 6.04 Å². The van der Waals surface area contributed by atoms with E-state index in [1.807, 2.05) is 30.7 Å². The second-order valence-corrected chi connectivity index (χ2v) is 4.78. The summed E-state index contributed by atoms with van der Waals surface area (Å²) < 4.78 is 4.59. The maximum Gasteiger partial charge on any atom is 0.325 e. The number of hydrogen-bond donors (Lipinski definition) is 0. The summed E-state index contributed by atoms with van der Waals surface area (Å²) in [7, 11) is 1.32. The normalized spacial score (nSPS) is 10.4. The molecule has 0 aliphatic rings. The molecule has 0 atom stereocenters. The van der Waals surface area contributed by atoms with E-state index in [9.17, 15) is 9.59 Å². The first kappa shape index (κ1) is 13.7. The third kappa shape index (κ3) is 4.19. The second kappa shape index (κ2) is 6.39. The van der Waals surface area contributed by atoms with Crippen LogP contribution in [0.25, 0.3) is 0 Å². The molecule has 1 rings (SSSR count). The summed E-state index contributed by atoms with van der Waals surface area (Å²) in [5.41, 5.74) is 0.982. The zero-order valence-electron chi connectivity index (χ0n) is 10.3. The topological polar surface area (TPSA) is 46.6 Å². The number of carbonyl (C=O) groups is 2. The van der Waals surface area contributed by atoms with Gasteiger partial charge in [0.15, 0.2) is 0 Å². The Morgan fingerprint density at radius 1 is 1.47 bits per heavy atom. The smallest absolute Gasteiger partial charge is 0.325 e. The number of methoxy groups -OCH3 is 1. The molecule has 5 heteroatoms. The van der Waals surface area contributed by atoms with Crippen LogP contribution in [0.5, 0.6) is 0 Å². The quantitative estimate of drug-likeness (QED) is 0.752. The lowest BCUT2D eigenvalue weighted by Crippen LogP contribution is -2.41. The molecule has 0 aliphatic carbocycles. The molecule has 1 aromatic rings. The predicted molar refractivity (Wildman–Crippen MR) is 66.9 cm³/mol. The minimum Gasteiger partial charge on any atom is -0.468 e. The summed E-state index contributed by atoms with van der Waals surface area (Å²) in [4.78, 5) is 24.8. The summed E-state index contributed by atoms with van der Waals surface area (Å²) >= 11 is 1.56. The summed E-state index contributed by atoms with van der Waals surface area (Å²) in [6, 6.07) is 1.90. The number of hydrogen-bond acceptors (Lipinski definition) is 4. The van der Waals surface area contributed by atoms with Crippen molar-refractivity contribution in [2.24, 2.45) is 0 Å². The monoisotopic (exact) mass is 255 g/mol. The zero-order chi connectivity index (χ0) is 12.8. The van der Waals surface area contributed by atoms with Gasteiger partial charge in [-0.05, 0) is 36.2 Å². The van der Waals surface area contributed by atoms with Crippen LogP contribution in [0.4, 0.5) is 0 Å². The van der Waals surface area contributed by atoms with Crippen LogP contribution in [0.2, 0.25) is 0 Å². The Balaban J connectivity index is 2.64. The van der Waals surface area contributed by atoms with E-state index in [2.05, 4.69) is 4.74 Å². The molecule has 0 unspecified atom stereocenters. The molecule has 0 aromatic carbocycles. The lowest BCUT2D eigenvalue weighted by molar-refractivity contribution is -0.148. The van der Waals surface area contributed by atoms with Crippen LogP contribution in [0, 0.1) is 0 Å². The molecule has 0 N–H and O–H groups in total. The number of amides is 1. The molecule has 94 valence electrons. The van der Waals surface area contributed by atoms with Crippen LogP contribution >= 0.6 is 11.3 Å². The first-order valence-corrected chi connectivity index (χ1v) is 6.36. The largest absolute Gasteiger partial charge is 0.468 e. The molecule has 1 aromatic heterocycles. The number of rotatable bonds is 5. The molecule has 1 heterocycles. The number of esters is 1. The van der Waals surface area contributed by atoms with Crippen LogP contribution in [0.3, 0.4) is 0 Å². The number of thiophene rings is 1. The van der Waals surface area contributed by atoms with Gasteiger partial charge >= 0.3 is 5.97 Å². The van der Waals surface area contributed by atoms with Crippen LogP contribution in [-0.2, 0) is 20.7 Å². The molecule has 1 amide bonds. The third-order valence-electron chi connectivity index (χ3n) is 2.41. The van der Waals surface area contributed by atoms with Gasteiger partial charge in [0.25, 0.3) is 0 Å². The Morgan fingerprint density at radius 3 is 2.65 bits per heavy atom. The van der Waals surface area contributed by atoms with E-state index in [1.165, 1.54) is 12.0 Å². The lowest BCUT2D eigenvalue weighted by atomic mass is 10.2. The highest BCUT2D eigenvalue weighted by Crippen LogP contribution is 2.10. The maximum atomic E-state index is 12.0. The predicted octanol–water partition coefficient (Wildman–Crippen LogP) is 1.70. The van der Waals surface area contributed by atoms with Crippen molar-refractivity contribution in [1.82, 2.24) is 4.90 Å². The molecule has 0 radical (unpaired) electrons. The minimum absolute atomic E-state index is 0.0110. The molecule has 0 spiro atoms. The van der Waals surface area contributed by atoms with Crippen LogP contribution in [-0.4, -0.2) is 36.5 Å². The van der Waals surface area contributed by atoms with Gasteiger partial charge in [-0.1, -0.05) is 0 Å². The van der Waals surface area contributed by atoms with E-state index < -0.39 is 5.97 Å². The standard InChI is InChI=1S/C12H17NO3S/c1-9(2)13(7-12(15)16-3)11(14)6-10-4-5-17-8-10/h4-5,8-9H,6-7H2,1-3H3. The first-order valence-electron chi connectivity index (χ1n) is 5.42. The molecule has 4 nitrogen and oxygen atoms in total. The summed E-state index contributed by atoms with van der Waals surface area (Å²) in [6.45, 7) is 3.78. The van der Waals surface area contributed by atoms with Crippen molar-refractivity contribution in [1.29, 1.82) is 0 Å². The van der Waals surface area contributed by atoms with Gasteiger partial charge in [-0.3, -0.25) is 9.59 Å². The Labute approximate surface area is 105 Å². The average Bonchev–Trinajstić information content (AvgIpc) is 2.77. The Bertz CT molecular complexity index is 373. The highest BCUT2D eigenvalue weighted by Gasteiger charge is 2.20. The molecule has 17 heavy (non-hydrogen) atoms. The summed E-state index contributed by atoms with van der Waals surface area (Å²) in [5.74, 6) is -0.443. The Kier molecular flexibility index (Phi) is 5.15. The highest BCUT2D eigenvalue weighted by atomic mass is 32.1. The van der Waals surface area contributed by atoms with Crippen molar-refractivity contribution < 1.29 is 14.3 Å². The fourth-order valence-corrected chi connectivity index (χ4v) is 2.10. The van der Waals surface area contributed by atoms with Gasteiger partial charge < -0.3 is 9.64 Å². The number of nitrogens with zero attached hydrogens (tertiary/aromatic N) is 1. The molecule has 0 fully saturated rings. The third-order valence-corrected chi connectivity index (χ3v) is 3.14. The van der Waals surface area contributed by atoms with Crippen molar-refractivity contribution in [3.8, 4) is 0 Å². The molecule has 0 saturated heterocycles. The Hall–Kier alpha value is -1.36. The van der Waals surface area contributed by atoms with Crippen LogP contribution in [0.1, 0.15) is 19.4 Å². The van der Waals surface area contributed by atoms with Crippen molar-refractivity contribution in [3.63, 3.8) is 0 Å². The van der Waals surface area contributed by atoms with Crippen molar-refractivity contribution in [2.45, 2.75) is 26.3 Å². The van der Waals surface area contributed by atoms with Gasteiger partial charge in [-0.2, -0.15) is 11.3 Å². The van der Waals surface area contributed by atoms with Gasteiger partial charge in [0.2, 0.25) is 5.91 Å². The molecular formula is C12H17NO3S. The van der Waals surface area contributed by atoms with Gasteiger partial charge in [-0.15, -0.1) is 0 Å². The summed E-state index contributed by atoms with van der Waals surface area (Å²) in [6.07, 6.45) is 0.332. The van der Waals surface area contributed by atoms with Crippen LogP contribution < -0.4 is 0 Å². The van der Waals surface area contributed by atoms with E-state index in [1.54, 1.807) is 11.3 Å². The second-order valence-electron chi connectivity index (χ2n) is 4.00. The minimum atomic E-state index is -0.391. The van der Waals surface area contributed by atoms with Gasteiger partial charge in [0.05, 0.1) is 13.5 Å². The summed E-state index contributed by atoms with van der Waals surface area (Å²) in [5, 5.41) is 3.87. The first-order chi connectivity index (χ1) is 8.04. The molecular weight excluding hydrogens is 238 g/mol. The fourth-order valence-electron chi connectivity index (χ4n) is 1.43. The lowest BCUT2D eigenvalue weighted by Gasteiger charge is -2.25. The average molecular weight is 255 g/mol. The van der Waals surface area contributed by atoms with Crippen molar-refractivity contribution >= 4 is 23.2 Å². The van der Waals surface area contributed by atoms with Gasteiger partial charge in [0.1, 0.15) is 6.54 Å². The van der Waals surface area contributed by atoms with E-state index >= 15 is 0 Å². The van der Waals surface area contributed by atoms with Gasteiger partial charge in [-0.25, -0.2) is 0 Å². The molecule has 0 bridgehead atoms.